The van der Waals surface area contributed by atoms with E-state index in [0.717, 1.165) is 32.1 Å². The molecule has 0 aromatic heterocycles. The summed E-state index contributed by atoms with van der Waals surface area (Å²) in [6, 6.07) is -0.611. The lowest BCUT2D eigenvalue weighted by Crippen LogP contribution is -2.52. The van der Waals surface area contributed by atoms with Gasteiger partial charge in [0.05, 0.1) is 18.3 Å². The van der Waals surface area contributed by atoms with Gasteiger partial charge >= 0.3 is 7.82 Å². The molecule has 7 nitrogen and oxygen atoms in total. The van der Waals surface area contributed by atoms with Crippen molar-refractivity contribution in [3.8, 4) is 0 Å². The molecular formula is C15H34NO6P. The van der Waals surface area contributed by atoms with Crippen LogP contribution in [-0.2, 0) is 9.09 Å². The Labute approximate surface area is 139 Å². The molecule has 0 saturated carbocycles. The van der Waals surface area contributed by atoms with Crippen LogP contribution < -0.4 is 5.73 Å². The molecule has 0 heterocycles. The molecule has 140 valence electrons. The van der Waals surface area contributed by atoms with Crippen LogP contribution in [0.1, 0.15) is 71.6 Å². The van der Waals surface area contributed by atoms with Crippen LogP contribution in [0.25, 0.3) is 0 Å². The molecule has 0 aromatic carbocycles. The quantitative estimate of drug-likeness (QED) is 0.238. The fourth-order valence-electron chi connectivity index (χ4n) is 2.84. The second-order valence-electron chi connectivity index (χ2n) is 6.25. The van der Waals surface area contributed by atoms with Crippen LogP contribution in [0.2, 0.25) is 0 Å². The number of rotatable bonds is 14. The van der Waals surface area contributed by atoms with E-state index in [4.69, 9.17) is 15.4 Å². The Morgan fingerprint density at radius 3 is 2.17 bits per heavy atom. The van der Waals surface area contributed by atoms with Crippen LogP contribution in [0.5, 0.6) is 0 Å². The first kappa shape index (κ1) is 23.0. The Kier molecular flexibility index (Phi) is 11.5. The van der Waals surface area contributed by atoms with E-state index in [1.807, 2.05) is 6.92 Å². The van der Waals surface area contributed by atoms with Crippen LogP contribution >= 0.6 is 7.82 Å². The minimum Gasteiger partial charge on any atom is -0.394 e. The lowest BCUT2D eigenvalue weighted by molar-refractivity contribution is -0.0479. The molecule has 0 bridgehead atoms. The largest absolute Gasteiger partial charge is 0.470 e. The van der Waals surface area contributed by atoms with Gasteiger partial charge in [0, 0.05) is 12.5 Å². The Hall–Kier alpha value is -0.0100. The van der Waals surface area contributed by atoms with Crippen molar-refractivity contribution in [2.24, 2.45) is 5.73 Å². The van der Waals surface area contributed by atoms with Crippen LogP contribution in [0.3, 0.4) is 0 Å². The van der Waals surface area contributed by atoms with Crippen molar-refractivity contribution in [2.75, 3.05) is 6.61 Å². The average Bonchev–Trinajstić information content (AvgIpc) is 2.45. The van der Waals surface area contributed by atoms with E-state index >= 15 is 0 Å². The van der Waals surface area contributed by atoms with Crippen LogP contribution in [0, 0.1) is 0 Å². The minimum absolute atomic E-state index is 0.0917. The molecule has 0 radical (unpaired) electrons. The van der Waals surface area contributed by atoms with Gasteiger partial charge in [-0.15, -0.1) is 0 Å². The molecule has 0 fully saturated rings. The van der Waals surface area contributed by atoms with Crippen LogP contribution in [0.15, 0.2) is 0 Å². The third kappa shape index (κ3) is 9.77. The van der Waals surface area contributed by atoms with E-state index in [1.54, 1.807) is 0 Å². The van der Waals surface area contributed by atoms with E-state index in [1.165, 1.54) is 0 Å². The number of nitrogens with two attached hydrogens (primary N) is 1. The monoisotopic (exact) mass is 355 g/mol. The number of hydrogen-bond donors (Lipinski definition) is 5. The Morgan fingerprint density at radius 2 is 1.70 bits per heavy atom. The Bertz CT molecular complexity index is 351. The maximum Gasteiger partial charge on any atom is 0.470 e. The summed E-state index contributed by atoms with van der Waals surface area (Å²) in [5.74, 6) is 0. The van der Waals surface area contributed by atoms with Gasteiger partial charge in [-0.3, -0.25) is 4.52 Å². The Balaban J connectivity index is 5.28. The van der Waals surface area contributed by atoms with Gasteiger partial charge in [0.1, 0.15) is 0 Å². The fourth-order valence-corrected chi connectivity index (χ4v) is 3.62. The van der Waals surface area contributed by atoms with Gasteiger partial charge in [-0.2, -0.15) is 0 Å². The first-order valence-electron chi connectivity index (χ1n) is 8.51. The zero-order valence-corrected chi connectivity index (χ0v) is 15.3. The molecular weight excluding hydrogens is 321 g/mol. The topological polar surface area (TPSA) is 133 Å². The predicted molar refractivity (Wildman–Crippen MR) is 89.8 cm³/mol. The first-order chi connectivity index (χ1) is 10.7. The lowest BCUT2D eigenvalue weighted by atomic mass is 9.81. The molecule has 23 heavy (non-hydrogen) atoms. The van der Waals surface area contributed by atoms with Gasteiger partial charge in [0.25, 0.3) is 0 Å². The molecule has 0 aliphatic rings. The lowest BCUT2D eigenvalue weighted by Gasteiger charge is -2.40. The zero-order chi connectivity index (χ0) is 17.9. The van der Waals surface area contributed by atoms with Crippen LogP contribution in [0.4, 0.5) is 0 Å². The highest BCUT2D eigenvalue weighted by atomic mass is 31.2. The normalized spacial score (nSPS) is 17.7. The molecule has 0 spiro atoms. The highest BCUT2D eigenvalue weighted by Gasteiger charge is 2.43. The number of aliphatic hydroxyl groups excluding tert-OH is 2. The first-order valence-corrected chi connectivity index (χ1v) is 10.0. The van der Waals surface area contributed by atoms with Gasteiger partial charge in [-0.25, -0.2) is 4.57 Å². The van der Waals surface area contributed by atoms with E-state index < -0.39 is 32.2 Å². The molecule has 6 N–H and O–H groups in total. The van der Waals surface area contributed by atoms with E-state index in [9.17, 15) is 19.5 Å². The summed E-state index contributed by atoms with van der Waals surface area (Å²) in [6.07, 6.45) is 5.00. The average molecular weight is 355 g/mol. The maximum absolute atomic E-state index is 11.5. The summed E-state index contributed by atoms with van der Waals surface area (Å²) in [5.41, 5.74) is 4.90. The number of hydrogen-bond acceptors (Lipinski definition) is 5. The molecule has 0 rings (SSSR count). The fraction of sp³-hybridized carbons (Fsp3) is 1.00. The van der Waals surface area contributed by atoms with Gasteiger partial charge in [-0.05, 0) is 12.8 Å². The number of aliphatic hydroxyl groups is 2. The van der Waals surface area contributed by atoms with E-state index in [-0.39, 0.29) is 6.42 Å². The third-order valence-corrected chi connectivity index (χ3v) is 4.69. The SMILES string of the molecule is CCCCCC(N)C(CCCCC)(CC(O)CO)OP(=O)(O)O. The number of unbranched alkanes of at least 4 members (excludes halogenated alkanes) is 4. The summed E-state index contributed by atoms with van der Waals surface area (Å²) in [7, 11) is -4.77. The number of phosphoric ester groups is 1. The minimum atomic E-state index is -4.77. The molecule has 3 atom stereocenters. The molecule has 8 heteroatoms. The van der Waals surface area contributed by atoms with Gasteiger partial charge in [0.2, 0.25) is 0 Å². The molecule has 0 aromatic rings. The molecule has 0 aliphatic carbocycles. The van der Waals surface area contributed by atoms with E-state index in [0.29, 0.717) is 19.3 Å². The van der Waals surface area contributed by atoms with Crippen LogP contribution in [-0.4, -0.2) is 44.4 Å². The highest BCUT2D eigenvalue weighted by molar-refractivity contribution is 7.46. The third-order valence-electron chi connectivity index (χ3n) is 4.09. The van der Waals surface area contributed by atoms with Crippen molar-refractivity contribution in [3.63, 3.8) is 0 Å². The van der Waals surface area contributed by atoms with Gasteiger partial charge in [-0.1, -0.05) is 52.4 Å². The van der Waals surface area contributed by atoms with Crippen molar-refractivity contribution < 1.29 is 29.1 Å². The smallest absolute Gasteiger partial charge is 0.394 e. The van der Waals surface area contributed by atoms with Crippen molar-refractivity contribution >= 4 is 7.82 Å². The summed E-state index contributed by atoms with van der Waals surface area (Å²) < 4.78 is 16.6. The summed E-state index contributed by atoms with van der Waals surface area (Å²) in [4.78, 5) is 18.6. The molecule has 3 unspecified atom stereocenters. The van der Waals surface area contributed by atoms with Crippen molar-refractivity contribution in [1.29, 1.82) is 0 Å². The van der Waals surface area contributed by atoms with Crippen molar-refractivity contribution in [3.05, 3.63) is 0 Å². The predicted octanol–water partition coefficient (Wildman–Crippen LogP) is 2.07. The van der Waals surface area contributed by atoms with Crippen molar-refractivity contribution in [2.45, 2.75) is 89.4 Å². The molecule has 0 aliphatic heterocycles. The standard InChI is InChI=1S/C15H34NO6P/c1-3-5-7-9-14(16)15(10-8-6-4-2,11-13(18)12-17)22-23(19,20)21/h13-14,17-18H,3-12,16H2,1-2H3,(H2,19,20,21). The maximum atomic E-state index is 11.5. The highest BCUT2D eigenvalue weighted by Crippen LogP contribution is 2.46. The summed E-state index contributed by atoms with van der Waals surface area (Å²) in [5, 5.41) is 19.0. The van der Waals surface area contributed by atoms with Gasteiger partial charge in [0.15, 0.2) is 0 Å². The van der Waals surface area contributed by atoms with Gasteiger partial charge < -0.3 is 25.7 Å². The Morgan fingerprint density at radius 1 is 1.13 bits per heavy atom. The summed E-state index contributed by atoms with van der Waals surface area (Å²) >= 11 is 0. The molecule has 0 amide bonds. The van der Waals surface area contributed by atoms with E-state index in [2.05, 4.69) is 6.92 Å². The zero-order valence-electron chi connectivity index (χ0n) is 14.4. The second-order valence-corrected chi connectivity index (χ2v) is 7.41. The van der Waals surface area contributed by atoms with Crippen molar-refractivity contribution in [1.82, 2.24) is 0 Å². The number of phosphoric acid groups is 1. The second kappa shape index (κ2) is 11.5. The summed E-state index contributed by atoms with van der Waals surface area (Å²) in [6.45, 7) is 3.58. The molecule has 0 saturated heterocycles.